The van der Waals surface area contributed by atoms with Crippen LogP contribution in [-0.4, -0.2) is 27.6 Å². The third kappa shape index (κ3) is 4.69. The topological polar surface area (TPSA) is 77.5 Å². The molecule has 1 heterocycles. The molecule has 0 aliphatic rings. The van der Waals surface area contributed by atoms with E-state index in [2.05, 4.69) is 9.71 Å². The maximum Gasteiger partial charge on any atom is 0.261 e. The first-order valence-corrected chi connectivity index (χ1v) is 9.93. The first-order chi connectivity index (χ1) is 13.5. The predicted molar refractivity (Wildman–Crippen MR) is 110 cm³/mol. The molecule has 0 saturated heterocycles. The van der Waals surface area contributed by atoms with E-state index in [4.69, 9.17) is 9.47 Å². The molecule has 144 valence electrons. The molecule has 7 heteroatoms. The summed E-state index contributed by atoms with van der Waals surface area (Å²) in [5.41, 5.74) is 2.07. The highest BCUT2D eigenvalue weighted by Gasteiger charge is 2.16. The quantitative estimate of drug-likeness (QED) is 0.651. The van der Waals surface area contributed by atoms with E-state index >= 15 is 0 Å². The Morgan fingerprint density at radius 1 is 0.857 bits per heavy atom. The molecule has 3 aromatic rings. The minimum absolute atomic E-state index is 0.146. The van der Waals surface area contributed by atoms with Crippen LogP contribution in [0.1, 0.15) is 11.1 Å². The minimum Gasteiger partial charge on any atom is -0.497 e. The maximum atomic E-state index is 12.8. The largest absolute Gasteiger partial charge is 0.497 e. The molecule has 6 nitrogen and oxygen atoms in total. The fraction of sp³-hybridized carbons (Fsp3) is 0.0952. The van der Waals surface area contributed by atoms with Gasteiger partial charge in [-0.1, -0.05) is 12.2 Å². The molecule has 2 aromatic carbocycles. The number of pyridine rings is 1. The van der Waals surface area contributed by atoms with Gasteiger partial charge in [-0.05, 0) is 60.2 Å². The van der Waals surface area contributed by atoms with Gasteiger partial charge in [-0.15, -0.1) is 0 Å². The molecule has 0 aliphatic heterocycles. The molecule has 1 aromatic heterocycles. The normalized spacial score (nSPS) is 11.4. The average Bonchev–Trinajstić information content (AvgIpc) is 2.73. The highest BCUT2D eigenvalue weighted by Crippen LogP contribution is 2.27. The van der Waals surface area contributed by atoms with Gasteiger partial charge in [0.05, 0.1) is 24.8 Å². The van der Waals surface area contributed by atoms with E-state index in [1.165, 1.54) is 19.2 Å². The van der Waals surface area contributed by atoms with Crippen molar-refractivity contribution in [2.24, 2.45) is 0 Å². The number of nitrogens with zero attached hydrogens (tertiary/aromatic N) is 1. The van der Waals surface area contributed by atoms with Gasteiger partial charge < -0.3 is 9.47 Å². The molecule has 0 radical (unpaired) electrons. The number of methoxy groups -OCH3 is 2. The Morgan fingerprint density at radius 3 is 2.14 bits per heavy atom. The van der Waals surface area contributed by atoms with Crippen molar-refractivity contribution in [2.45, 2.75) is 4.90 Å². The Morgan fingerprint density at radius 2 is 1.50 bits per heavy atom. The molecule has 0 fully saturated rings. The lowest BCUT2D eigenvalue weighted by molar-refractivity contribution is 0.414. The first kappa shape index (κ1) is 19.4. The van der Waals surface area contributed by atoms with Crippen LogP contribution in [0.25, 0.3) is 12.2 Å². The SMILES string of the molecule is COc1ccc(S(=O)(=O)Nc2ccc(OC)cc2C=Cc2ccncc2)cc1. The third-order valence-electron chi connectivity index (χ3n) is 4.03. The molecule has 0 unspecified atom stereocenters. The highest BCUT2D eigenvalue weighted by molar-refractivity contribution is 7.92. The number of hydrogen-bond donors (Lipinski definition) is 1. The zero-order valence-electron chi connectivity index (χ0n) is 15.5. The van der Waals surface area contributed by atoms with Crippen molar-refractivity contribution in [3.8, 4) is 11.5 Å². The number of ether oxygens (including phenoxy) is 2. The molecular weight excluding hydrogens is 376 g/mol. The van der Waals surface area contributed by atoms with Crippen molar-refractivity contribution in [3.63, 3.8) is 0 Å². The van der Waals surface area contributed by atoms with Gasteiger partial charge in [0.1, 0.15) is 11.5 Å². The maximum absolute atomic E-state index is 12.8. The summed E-state index contributed by atoms with van der Waals surface area (Å²) < 4.78 is 38.5. The Labute approximate surface area is 164 Å². The monoisotopic (exact) mass is 396 g/mol. The van der Waals surface area contributed by atoms with Crippen molar-refractivity contribution in [1.29, 1.82) is 0 Å². The Kier molecular flexibility index (Phi) is 5.96. The Hall–Kier alpha value is -3.32. The molecule has 0 bridgehead atoms. The number of rotatable bonds is 7. The first-order valence-electron chi connectivity index (χ1n) is 8.45. The Balaban J connectivity index is 1.93. The van der Waals surface area contributed by atoms with Gasteiger partial charge in [0.25, 0.3) is 10.0 Å². The zero-order valence-corrected chi connectivity index (χ0v) is 16.3. The van der Waals surface area contributed by atoms with Crippen molar-refractivity contribution in [2.75, 3.05) is 18.9 Å². The second-order valence-electron chi connectivity index (χ2n) is 5.85. The summed E-state index contributed by atoms with van der Waals surface area (Å²) in [6, 6.07) is 15.1. The van der Waals surface area contributed by atoms with E-state index in [1.54, 1.807) is 49.8 Å². The number of aromatic nitrogens is 1. The molecule has 0 saturated carbocycles. The van der Waals surface area contributed by atoms with Crippen LogP contribution in [-0.2, 0) is 10.0 Å². The molecule has 0 spiro atoms. The van der Waals surface area contributed by atoms with Crippen LogP contribution in [0, 0.1) is 0 Å². The summed E-state index contributed by atoms with van der Waals surface area (Å²) in [7, 11) is -0.663. The van der Waals surface area contributed by atoms with Gasteiger partial charge in [0.15, 0.2) is 0 Å². The fourth-order valence-corrected chi connectivity index (χ4v) is 3.61. The highest BCUT2D eigenvalue weighted by atomic mass is 32.2. The van der Waals surface area contributed by atoms with Crippen LogP contribution >= 0.6 is 0 Å². The lowest BCUT2D eigenvalue weighted by Gasteiger charge is -2.12. The van der Waals surface area contributed by atoms with E-state index in [0.29, 0.717) is 22.7 Å². The molecule has 1 N–H and O–H groups in total. The van der Waals surface area contributed by atoms with Crippen LogP contribution in [0.15, 0.2) is 71.9 Å². The molecule has 0 aliphatic carbocycles. The van der Waals surface area contributed by atoms with Crippen LogP contribution in [0.5, 0.6) is 11.5 Å². The van der Waals surface area contributed by atoms with Gasteiger partial charge in [0.2, 0.25) is 0 Å². The molecule has 3 rings (SSSR count). The number of anilines is 1. The lowest BCUT2D eigenvalue weighted by Crippen LogP contribution is -2.13. The fourth-order valence-electron chi connectivity index (χ4n) is 2.52. The summed E-state index contributed by atoms with van der Waals surface area (Å²) >= 11 is 0. The summed E-state index contributed by atoms with van der Waals surface area (Å²) in [6.45, 7) is 0. The zero-order chi connectivity index (χ0) is 20.0. The molecule has 0 atom stereocenters. The average molecular weight is 396 g/mol. The van der Waals surface area contributed by atoms with Gasteiger partial charge in [0, 0.05) is 18.0 Å². The van der Waals surface area contributed by atoms with Gasteiger partial charge in [-0.3, -0.25) is 9.71 Å². The number of sulfonamides is 1. The molecule has 28 heavy (non-hydrogen) atoms. The van der Waals surface area contributed by atoms with Crippen LogP contribution in [0.2, 0.25) is 0 Å². The second-order valence-corrected chi connectivity index (χ2v) is 7.53. The van der Waals surface area contributed by atoms with Crippen LogP contribution in [0.4, 0.5) is 5.69 Å². The predicted octanol–water partition coefficient (Wildman–Crippen LogP) is 4.07. The Bertz CT molecular complexity index is 1060. The van der Waals surface area contributed by atoms with E-state index in [9.17, 15) is 8.42 Å². The standard InChI is InChI=1S/C21H20N2O4S/c1-26-18-5-8-20(9-6-18)28(24,25)23-21-10-7-19(27-2)15-17(21)4-3-16-11-13-22-14-12-16/h3-15,23H,1-2H3. The second kappa shape index (κ2) is 8.58. The minimum atomic E-state index is -3.75. The summed E-state index contributed by atoms with van der Waals surface area (Å²) in [6.07, 6.45) is 7.09. The van der Waals surface area contributed by atoms with Crippen molar-refractivity contribution in [3.05, 3.63) is 78.1 Å². The van der Waals surface area contributed by atoms with Crippen LogP contribution < -0.4 is 14.2 Å². The smallest absolute Gasteiger partial charge is 0.261 e. The lowest BCUT2D eigenvalue weighted by atomic mass is 10.1. The van der Waals surface area contributed by atoms with Crippen molar-refractivity contribution in [1.82, 2.24) is 4.98 Å². The van der Waals surface area contributed by atoms with Gasteiger partial charge >= 0.3 is 0 Å². The summed E-state index contributed by atoms with van der Waals surface area (Å²) in [5.74, 6) is 1.21. The number of nitrogens with one attached hydrogen (secondary N) is 1. The number of benzene rings is 2. The van der Waals surface area contributed by atoms with Crippen molar-refractivity contribution >= 4 is 27.9 Å². The third-order valence-corrected chi connectivity index (χ3v) is 5.42. The van der Waals surface area contributed by atoms with Gasteiger partial charge in [-0.25, -0.2) is 8.42 Å². The van der Waals surface area contributed by atoms with E-state index in [1.807, 2.05) is 24.3 Å². The number of hydrogen-bond acceptors (Lipinski definition) is 5. The van der Waals surface area contributed by atoms with Crippen molar-refractivity contribution < 1.29 is 17.9 Å². The summed E-state index contributed by atoms with van der Waals surface area (Å²) in [5, 5.41) is 0. The van der Waals surface area contributed by atoms with Crippen LogP contribution in [0.3, 0.4) is 0 Å². The molecular formula is C21H20N2O4S. The summed E-state index contributed by atoms with van der Waals surface area (Å²) in [4.78, 5) is 4.13. The van der Waals surface area contributed by atoms with Gasteiger partial charge in [-0.2, -0.15) is 0 Å². The van der Waals surface area contributed by atoms with E-state index in [-0.39, 0.29) is 4.90 Å². The van der Waals surface area contributed by atoms with E-state index < -0.39 is 10.0 Å². The molecule has 0 amide bonds. The van der Waals surface area contributed by atoms with E-state index in [0.717, 1.165) is 5.56 Å².